The topological polar surface area (TPSA) is 64.1 Å². The number of hydrogen-bond donors (Lipinski definition) is 1. The molecule has 1 aromatic heterocycles. The van der Waals surface area contributed by atoms with Gasteiger partial charge in [-0.05, 0) is 12.3 Å². The molecule has 0 spiro atoms. The highest BCUT2D eigenvalue weighted by atomic mass is 16.5. The Morgan fingerprint density at radius 3 is 2.52 bits per heavy atom. The van der Waals surface area contributed by atoms with Crippen LogP contribution in [0.25, 0.3) is 0 Å². The van der Waals surface area contributed by atoms with Crippen LogP contribution in [0.15, 0.2) is 6.07 Å². The van der Waals surface area contributed by atoms with E-state index in [4.69, 9.17) is 4.74 Å². The molecule has 1 heterocycles. The Hall–Kier alpha value is -1.65. The van der Waals surface area contributed by atoms with E-state index in [0.29, 0.717) is 18.3 Å². The van der Waals surface area contributed by atoms with Crippen molar-refractivity contribution >= 4 is 5.91 Å². The molecule has 0 aromatic carbocycles. The van der Waals surface area contributed by atoms with Crippen molar-refractivity contribution in [1.29, 1.82) is 0 Å². The lowest BCUT2D eigenvalue weighted by Gasteiger charge is -2.13. The number of carbonyl (C=O) groups is 1. The summed E-state index contributed by atoms with van der Waals surface area (Å²) in [6.07, 6.45) is 2.04. The lowest BCUT2D eigenvalue weighted by Crippen LogP contribution is -2.29. The zero-order chi connectivity index (χ0) is 15.8. The van der Waals surface area contributed by atoms with Gasteiger partial charge in [0.25, 0.3) is 5.91 Å². The second-order valence-corrected chi connectivity index (χ2v) is 5.79. The minimum atomic E-state index is -0.112. The molecule has 0 unspecified atom stereocenters. The quantitative estimate of drug-likeness (QED) is 0.748. The van der Waals surface area contributed by atoms with Gasteiger partial charge in [-0.1, -0.05) is 41.0 Å². The van der Waals surface area contributed by atoms with Gasteiger partial charge in [-0.3, -0.25) is 4.79 Å². The molecule has 118 valence electrons. The second-order valence-electron chi connectivity index (χ2n) is 5.79. The van der Waals surface area contributed by atoms with E-state index in [9.17, 15) is 4.79 Å². The Morgan fingerprint density at radius 1 is 1.24 bits per heavy atom. The fraction of sp³-hybridized carbons (Fsp3) is 0.688. The van der Waals surface area contributed by atoms with Crippen molar-refractivity contribution in [2.45, 2.75) is 59.3 Å². The van der Waals surface area contributed by atoms with Crippen molar-refractivity contribution < 1.29 is 9.53 Å². The van der Waals surface area contributed by atoms with Crippen molar-refractivity contribution in [3.8, 4) is 5.88 Å². The molecule has 0 bridgehead atoms. The van der Waals surface area contributed by atoms with Crippen LogP contribution in [0.1, 0.15) is 70.8 Å². The Kier molecular flexibility index (Phi) is 7.12. The van der Waals surface area contributed by atoms with Crippen LogP contribution in [0.4, 0.5) is 0 Å². The SMILES string of the molecule is CCCCNC(=O)COc1cc(C(C)C)nc(C(C)C)n1. The molecule has 0 fully saturated rings. The molecule has 0 saturated heterocycles. The predicted molar refractivity (Wildman–Crippen MR) is 83.6 cm³/mol. The molecule has 0 atom stereocenters. The second kappa shape index (κ2) is 8.60. The number of nitrogens with one attached hydrogen (secondary N) is 1. The van der Waals surface area contributed by atoms with E-state index in [1.165, 1.54) is 0 Å². The fourth-order valence-electron chi connectivity index (χ4n) is 1.68. The van der Waals surface area contributed by atoms with E-state index in [0.717, 1.165) is 24.4 Å². The highest BCUT2D eigenvalue weighted by molar-refractivity contribution is 5.77. The van der Waals surface area contributed by atoms with Crippen LogP contribution in [0.3, 0.4) is 0 Å². The van der Waals surface area contributed by atoms with E-state index in [2.05, 4.69) is 36.1 Å². The lowest BCUT2D eigenvalue weighted by molar-refractivity contribution is -0.123. The van der Waals surface area contributed by atoms with Crippen LogP contribution in [0.2, 0.25) is 0 Å². The molecule has 0 aliphatic heterocycles. The van der Waals surface area contributed by atoms with Gasteiger partial charge in [0.15, 0.2) is 6.61 Å². The number of hydrogen-bond acceptors (Lipinski definition) is 4. The van der Waals surface area contributed by atoms with Crippen molar-refractivity contribution in [3.05, 3.63) is 17.6 Å². The highest BCUT2D eigenvalue weighted by Gasteiger charge is 2.12. The van der Waals surface area contributed by atoms with Gasteiger partial charge in [-0.15, -0.1) is 0 Å². The molecule has 1 N–H and O–H groups in total. The molecule has 0 saturated carbocycles. The van der Waals surface area contributed by atoms with Gasteiger partial charge in [0, 0.05) is 18.5 Å². The maximum absolute atomic E-state index is 11.6. The fourth-order valence-corrected chi connectivity index (χ4v) is 1.68. The third-order valence-corrected chi connectivity index (χ3v) is 3.05. The minimum Gasteiger partial charge on any atom is -0.467 e. The molecule has 5 heteroatoms. The molecule has 5 nitrogen and oxygen atoms in total. The summed E-state index contributed by atoms with van der Waals surface area (Å²) < 4.78 is 5.52. The van der Waals surface area contributed by atoms with Crippen LogP contribution >= 0.6 is 0 Å². The van der Waals surface area contributed by atoms with Crippen LogP contribution in [-0.4, -0.2) is 29.0 Å². The molecule has 21 heavy (non-hydrogen) atoms. The molecular weight excluding hydrogens is 266 g/mol. The van der Waals surface area contributed by atoms with Crippen LogP contribution < -0.4 is 10.1 Å². The van der Waals surface area contributed by atoms with Crippen LogP contribution in [0, 0.1) is 0 Å². The van der Waals surface area contributed by atoms with Crippen molar-refractivity contribution in [1.82, 2.24) is 15.3 Å². The first-order chi connectivity index (χ1) is 9.93. The number of unbranched alkanes of at least 4 members (excludes halogenated alkanes) is 1. The smallest absolute Gasteiger partial charge is 0.258 e. The number of carbonyl (C=O) groups excluding carboxylic acids is 1. The van der Waals surface area contributed by atoms with Crippen LogP contribution in [0.5, 0.6) is 5.88 Å². The summed E-state index contributed by atoms with van der Waals surface area (Å²) in [6, 6.07) is 1.82. The average molecular weight is 293 g/mol. The zero-order valence-corrected chi connectivity index (χ0v) is 13.8. The van der Waals surface area contributed by atoms with Gasteiger partial charge in [-0.25, -0.2) is 4.98 Å². The maximum Gasteiger partial charge on any atom is 0.258 e. The Bertz CT molecular complexity index is 433. The normalized spacial score (nSPS) is 11.0. The van der Waals surface area contributed by atoms with Gasteiger partial charge >= 0.3 is 0 Å². The van der Waals surface area contributed by atoms with Gasteiger partial charge in [-0.2, -0.15) is 4.98 Å². The number of aromatic nitrogens is 2. The molecular formula is C16H27N3O2. The number of amides is 1. The summed E-state index contributed by atoms with van der Waals surface area (Å²) in [7, 11) is 0. The molecule has 1 amide bonds. The first kappa shape index (κ1) is 17.4. The molecule has 0 aliphatic rings. The highest BCUT2D eigenvalue weighted by Crippen LogP contribution is 2.20. The third kappa shape index (κ3) is 6.10. The summed E-state index contributed by atoms with van der Waals surface area (Å²) in [4.78, 5) is 20.5. The summed E-state index contributed by atoms with van der Waals surface area (Å²) in [6.45, 7) is 11.0. The van der Waals surface area contributed by atoms with Gasteiger partial charge < -0.3 is 10.1 Å². The van der Waals surface area contributed by atoms with Crippen molar-refractivity contribution in [2.24, 2.45) is 0 Å². The maximum atomic E-state index is 11.6. The Morgan fingerprint density at radius 2 is 1.95 bits per heavy atom. The minimum absolute atomic E-state index is 0.00417. The molecule has 1 aromatic rings. The van der Waals surface area contributed by atoms with E-state index in [1.54, 1.807) is 0 Å². The zero-order valence-electron chi connectivity index (χ0n) is 13.8. The summed E-state index contributed by atoms with van der Waals surface area (Å²) in [5, 5.41) is 2.82. The molecule has 1 rings (SSSR count). The standard InChI is InChI=1S/C16H27N3O2/c1-6-7-8-17-14(20)10-21-15-9-13(11(2)3)18-16(19-15)12(4)5/h9,11-12H,6-8,10H2,1-5H3,(H,17,20). The van der Waals surface area contributed by atoms with E-state index < -0.39 is 0 Å². The first-order valence-electron chi connectivity index (χ1n) is 7.72. The summed E-state index contributed by atoms with van der Waals surface area (Å²) in [5.41, 5.74) is 0.940. The average Bonchev–Trinajstić information content (AvgIpc) is 2.45. The van der Waals surface area contributed by atoms with Crippen molar-refractivity contribution in [3.63, 3.8) is 0 Å². The largest absolute Gasteiger partial charge is 0.467 e. The van der Waals surface area contributed by atoms with Crippen molar-refractivity contribution in [2.75, 3.05) is 13.2 Å². The lowest BCUT2D eigenvalue weighted by atomic mass is 10.1. The number of nitrogens with zero attached hydrogens (tertiary/aromatic N) is 2. The van der Waals surface area contributed by atoms with E-state index in [1.807, 2.05) is 19.9 Å². The summed E-state index contributed by atoms with van der Waals surface area (Å²) in [5.74, 6) is 1.64. The van der Waals surface area contributed by atoms with Gasteiger partial charge in [0.05, 0.1) is 5.69 Å². The summed E-state index contributed by atoms with van der Waals surface area (Å²) >= 11 is 0. The predicted octanol–water partition coefficient (Wildman–Crippen LogP) is 3.02. The first-order valence-corrected chi connectivity index (χ1v) is 7.72. The Labute approximate surface area is 127 Å². The number of rotatable bonds is 8. The molecule has 0 radical (unpaired) electrons. The van der Waals surface area contributed by atoms with Gasteiger partial charge in [0.2, 0.25) is 5.88 Å². The third-order valence-electron chi connectivity index (χ3n) is 3.05. The number of ether oxygens (including phenoxy) is 1. The van der Waals surface area contributed by atoms with E-state index >= 15 is 0 Å². The van der Waals surface area contributed by atoms with Crippen LogP contribution in [-0.2, 0) is 4.79 Å². The van der Waals surface area contributed by atoms with E-state index in [-0.39, 0.29) is 18.4 Å². The molecule has 0 aliphatic carbocycles. The van der Waals surface area contributed by atoms with Gasteiger partial charge in [0.1, 0.15) is 5.82 Å². The monoisotopic (exact) mass is 293 g/mol. The Balaban J connectivity index is 2.67.